The van der Waals surface area contributed by atoms with Crippen molar-refractivity contribution in [1.29, 1.82) is 0 Å². The number of benzene rings is 1. The number of hydrogen-bond donors (Lipinski definition) is 1. The Balaban J connectivity index is 2.33. The quantitative estimate of drug-likeness (QED) is 0.383. The van der Waals surface area contributed by atoms with Crippen LogP contribution in [0.5, 0.6) is 0 Å². The minimum absolute atomic E-state index is 0.204. The maximum absolute atomic E-state index is 11.4. The van der Waals surface area contributed by atoms with E-state index in [1.807, 2.05) is 18.2 Å². The summed E-state index contributed by atoms with van der Waals surface area (Å²) in [5.41, 5.74) is 0.878. The lowest BCUT2D eigenvalue weighted by Gasteiger charge is -2.12. The fourth-order valence-electron chi connectivity index (χ4n) is 2.20. The van der Waals surface area contributed by atoms with Crippen LogP contribution < -0.4 is 0 Å². The highest BCUT2D eigenvalue weighted by Gasteiger charge is 2.19. The van der Waals surface area contributed by atoms with Gasteiger partial charge in [0, 0.05) is 23.4 Å². The summed E-state index contributed by atoms with van der Waals surface area (Å²) >= 11 is 5.22. The predicted octanol–water partition coefficient (Wildman–Crippen LogP) is 3.03. The number of nitro benzene ring substituents is 1. The van der Waals surface area contributed by atoms with Gasteiger partial charge < -0.3 is 0 Å². The van der Waals surface area contributed by atoms with Gasteiger partial charge in [0.15, 0.2) is 0 Å². The largest absolute Gasteiger partial charge is 0.294 e. The molecule has 116 valence electrons. The molecule has 1 aliphatic carbocycles. The van der Waals surface area contributed by atoms with Gasteiger partial charge in [0.2, 0.25) is 0 Å². The monoisotopic (exact) mass is 339 g/mol. The molecule has 0 aromatic heterocycles. The van der Waals surface area contributed by atoms with Gasteiger partial charge in [-0.05, 0) is 30.0 Å². The van der Waals surface area contributed by atoms with E-state index in [-0.39, 0.29) is 22.6 Å². The molecule has 2 rings (SSSR count). The molecule has 0 saturated carbocycles. The van der Waals surface area contributed by atoms with E-state index in [0.29, 0.717) is 12.8 Å². The van der Waals surface area contributed by atoms with E-state index in [1.54, 1.807) is 0 Å². The molecule has 0 bridgehead atoms. The van der Waals surface area contributed by atoms with Gasteiger partial charge in [-0.3, -0.25) is 14.7 Å². The number of nitrogens with zero attached hydrogens (tertiary/aromatic N) is 1. The summed E-state index contributed by atoms with van der Waals surface area (Å²) in [5.74, 6) is 0. The predicted molar refractivity (Wildman–Crippen MR) is 85.7 cm³/mol. The standard InChI is InChI=1S/C14H13NO5S2/c16-15(17)12-7-8-14(22(18,19)20)11(9-12)6-5-10-3-1-2-4-13(10)21/h1-3,7-9H,4-6H2,(H,18,19,20). The summed E-state index contributed by atoms with van der Waals surface area (Å²) in [6.07, 6.45) is 6.96. The van der Waals surface area contributed by atoms with Gasteiger partial charge in [-0.25, -0.2) is 0 Å². The lowest BCUT2D eigenvalue weighted by molar-refractivity contribution is -0.385. The molecule has 6 nitrogen and oxygen atoms in total. The van der Waals surface area contributed by atoms with Crippen molar-refractivity contribution < 1.29 is 17.9 Å². The van der Waals surface area contributed by atoms with E-state index in [0.717, 1.165) is 22.6 Å². The summed E-state index contributed by atoms with van der Waals surface area (Å²) in [5, 5.41) is 10.8. The highest BCUT2D eigenvalue weighted by atomic mass is 32.2. The second kappa shape index (κ2) is 6.47. The molecular weight excluding hydrogens is 326 g/mol. The van der Waals surface area contributed by atoms with E-state index in [2.05, 4.69) is 0 Å². The van der Waals surface area contributed by atoms with Crippen LogP contribution in [0.3, 0.4) is 0 Å². The van der Waals surface area contributed by atoms with Gasteiger partial charge in [0.1, 0.15) is 0 Å². The van der Waals surface area contributed by atoms with Crippen molar-refractivity contribution in [2.24, 2.45) is 0 Å². The summed E-state index contributed by atoms with van der Waals surface area (Å²) in [6, 6.07) is 3.28. The topological polar surface area (TPSA) is 97.5 Å². The van der Waals surface area contributed by atoms with Crippen LogP contribution in [0.1, 0.15) is 18.4 Å². The van der Waals surface area contributed by atoms with Gasteiger partial charge in [0.05, 0.1) is 9.82 Å². The van der Waals surface area contributed by atoms with Crippen LogP contribution in [0.15, 0.2) is 46.9 Å². The second-order valence-corrected chi connectivity index (χ2v) is 6.65. The fraction of sp³-hybridized carbons (Fsp3) is 0.214. The zero-order valence-electron chi connectivity index (χ0n) is 11.4. The first-order valence-electron chi connectivity index (χ1n) is 6.43. The SMILES string of the molecule is O=[N+]([O-])c1ccc(S(=O)(=O)O)c(CCC2=CC=CCC2=S)c1. The number of rotatable bonds is 5. The third kappa shape index (κ3) is 3.85. The Kier molecular flexibility index (Phi) is 4.84. The minimum atomic E-state index is -4.43. The minimum Gasteiger partial charge on any atom is -0.282 e. The Morgan fingerprint density at radius 2 is 2.05 bits per heavy atom. The molecule has 0 saturated heterocycles. The first-order valence-corrected chi connectivity index (χ1v) is 8.27. The van der Waals surface area contributed by atoms with Gasteiger partial charge in [-0.1, -0.05) is 30.4 Å². The zero-order valence-corrected chi connectivity index (χ0v) is 13.1. The maximum Gasteiger partial charge on any atom is 0.294 e. The molecule has 0 atom stereocenters. The highest BCUT2D eigenvalue weighted by Crippen LogP contribution is 2.25. The number of hydrogen-bond acceptors (Lipinski definition) is 5. The van der Waals surface area contributed by atoms with Crippen molar-refractivity contribution in [3.63, 3.8) is 0 Å². The molecule has 0 spiro atoms. The molecule has 0 aliphatic heterocycles. The number of aryl methyl sites for hydroxylation is 1. The van der Waals surface area contributed by atoms with Crippen molar-refractivity contribution in [2.75, 3.05) is 0 Å². The molecular formula is C14H13NO5S2. The molecule has 8 heteroatoms. The van der Waals surface area contributed by atoms with Crippen molar-refractivity contribution in [3.8, 4) is 0 Å². The average Bonchev–Trinajstić information content (AvgIpc) is 2.45. The lowest BCUT2D eigenvalue weighted by atomic mass is 9.97. The lowest BCUT2D eigenvalue weighted by Crippen LogP contribution is -2.07. The Morgan fingerprint density at radius 3 is 2.64 bits per heavy atom. The van der Waals surface area contributed by atoms with Crippen molar-refractivity contribution in [3.05, 3.63) is 57.7 Å². The Labute approximate surface area is 133 Å². The molecule has 0 heterocycles. The molecule has 1 aromatic carbocycles. The smallest absolute Gasteiger partial charge is 0.282 e. The fourth-order valence-corrected chi connectivity index (χ4v) is 3.20. The van der Waals surface area contributed by atoms with E-state index in [1.165, 1.54) is 6.07 Å². The number of nitro groups is 1. The highest BCUT2D eigenvalue weighted by molar-refractivity contribution is 7.85. The van der Waals surface area contributed by atoms with E-state index >= 15 is 0 Å². The second-order valence-electron chi connectivity index (χ2n) is 4.77. The third-order valence-electron chi connectivity index (χ3n) is 3.29. The number of non-ortho nitro benzene ring substituents is 1. The molecule has 22 heavy (non-hydrogen) atoms. The summed E-state index contributed by atoms with van der Waals surface area (Å²) in [6.45, 7) is 0. The van der Waals surface area contributed by atoms with Gasteiger partial charge in [-0.15, -0.1) is 0 Å². The summed E-state index contributed by atoms with van der Waals surface area (Å²) in [4.78, 5) is 10.7. The van der Waals surface area contributed by atoms with E-state index in [4.69, 9.17) is 12.2 Å². The molecule has 1 aromatic rings. The molecule has 0 fully saturated rings. The molecule has 0 unspecified atom stereocenters. The maximum atomic E-state index is 11.4. The summed E-state index contributed by atoms with van der Waals surface area (Å²) < 4.78 is 32.0. The molecule has 0 amide bonds. The van der Waals surface area contributed by atoms with Crippen LogP contribution in [0.4, 0.5) is 5.69 Å². The first kappa shape index (κ1) is 16.5. The van der Waals surface area contributed by atoms with Crippen molar-refractivity contribution >= 4 is 32.9 Å². The van der Waals surface area contributed by atoms with E-state index < -0.39 is 15.0 Å². The molecule has 1 aliphatic rings. The first-order chi connectivity index (χ1) is 10.3. The van der Waals surface area contributed by atoms with Crippen LogP contribution in [-0.4, -0.2) is 22.8 Å². The van der Waals surface area contributed by atoms with Crippen molar-refractivity contribution in [1.82, 2.24) is 0 Å². The third-order valence-corrected chi connectivity index (χ3v) is 4.67. The Bertz CT molecular complexity index is 793. The van der Waals surface area contributed by atoms with Crippen LogP contribution in [0.2, 0.25) is 0 Å². The molecule has 0 radical (unpaired) electrons. The van der Waals surface area contributed by atoms with Gasteiger partial charge >= 0.3 is 0 Å². The average molecular weight is 339 g/mol. The van der Waals surface area contributed by atoms with Crippen LogP contribution in [0.25, 0.3) is 0 Å². The van der Waals surface area contributed by atoms with Crippen molar-refractivity contribution in [2.45, 2.75) is 24.2 Å². The molecule has 1 N–H and O–H groups in total. The van der Waals surface area contributed by atoms with Crippen LogP contribution >= 0.6 is 12.2 Å². The van der Waals surface area contributed by atoms with Crippen LogP contribution in [-0.2, 0) is 16.5 Å². The Hall–Kier alpha value is -1.90. The summed E-state index contributed by atoms with van der Waals surface area (Å²) in [7, 11) is -4.43. The zero-order chi connectivity index (χ0) is 16.3. The van der Waals surface area contributed by atoms with Crippen LogP contribution in [0, 0.1) is 10.1 Å². The number of allylic oxidation sites excluding steroid dienone is 4. The Morgan fingerprint density at radius 1 is 1.32 bits per heavy atom. The number of thiocarbonyl (C=S) groups is 1. The van der Waals surface area contributed by atoms with Gasteiger partial charge in [-0.2, -0.15) is 8.42 Å². The van der Waals surface area contributed by atoms with Gasteiger partial charge in [0.25, 0.3) is 15.8 Å². The normalized spacial score (nSPS) is 14.8. The van der Waals surface area contributed by atoms with E-state index in [9.17, 15) is 23.1 Å².